The highest BCUT2D eigenvalue weighted by Gasteiger charge is 2.40. The van der Waals surface area contributed by atoms with Gasteiger partial charge in [-0.05, 0) is 43.9 Å². The van der Waals surface area contributed by atoms with Crippen LogP contribution in [0.2, 0.25) is 0 Å². The number of nitrogens with one attached hydrogen (secondary N) is 1. The summed E-state index contributed by atoms with van der Waals surface area (Å²) in [4.78, 5) is 12.0. The Morgan fingerprint density at radius 3 is 2.78 bits per heavy atom. The zero-order valence-corrected chi connectivity index (χ0v) is 14.2. The predicted molar refractivity (Wildman–Crippen MR) is 86.5 cm³/mol. The van der Waals surface area contributed by atoms with Crippen LogP contribution in [0.15, 0.2) is 6.20 Å². The number of amides is 1. The van der Waals surface area contributed by atoms with Crippen molar-refractivity contribution in [1.82, 2.24) is 20.3 Å². The number of carbonyl (C=O) groups excluding carboxylic acids is 1. The van der Waals surface area contributed by atoms with Gasteiger partial charge in [0, 0.05) is 6.54 Å². The van der Waals surface area contributed by atoms with Crippen molar-refractivity contribution >= 4 is 5.91 Å². The second kappa shape index (κ2) is 6.23. The average molecular weight is 320 g/mol. The van der Waals surface area contributed by atoms with Gasteiger partial charge in [-0.1, -0.05) is 25.5 Å². The third-order valence-electron chi connectivity index (χ3n) is 5.50. The van der Waals surface area contributed by atoms with Crippen molar-refractivity contribution in [2.45, 2.75) is 70.9 Å². The van der Waals surface area contributed by atoms with Gasteiger partial charge in [-0.15, -0.1) is 5.10 Å². The summed E-state index contributed by atoms with van der Waals surface area (Å²) in [7, 11) is 0. The molecule has 1 unspecified atom stereocenters. The summed E-state index contributed by atoms with van der Waals surface area (Å²) >= 11 is 0. The summed E-state index contributed by atoms with van der Waals surface area (Å²) in [5.74, 6) is 0.0599. The second-order valence-corrected chi connectivity index (χ2v) is 8.01. The highest BCUT2D eigenvalue weighted by atomic mass is 16.3. The van der Waals surface area contributed by atoms with Crippen LogP contribution in [0.5, 0.6) is 0 Å². The smallest absolute Gasteiger partial charge is 0.224 e. The molecule has 2 N–H and O–H groups in total. The SMILES string of the molecule is CC1(C)CCC(O)(c2cn(CC3CCCCNC3=O)nn2)CC1. The highest BCUT2D eigenvalue weighted by molar-refractivity contribution is 5.78. The summed E-state index contributed by atoms with van der Waals surface area (Å²) in [5.41, 5.74) is 0.0854. The molecule has 6 heteroatoms. The van der Waals surface area contributed by atoms with Gasteiger partial charge in [-0.2, -0.15) is 0 Å². The maximum atomic E-state index is 12.0. The van der Waals surface area contributed by atoms with Crippen LogP contribution in [-0.2, 0) is 16.9 Å². The molecule has 1 aliphatic heterocycles. The molecular formula is C17H28N4O2. The fourth-order valence-corrected chi connectivity index (χ4v) is 3.60. The zero-order chi connectivity index (χ0) is 16.5. The molecule has 0 spiro atoms. The van der Waals surface area contributed by atoms with E-state index in [-0.39, 0.29) is 11.8 Å². The molecule has 2 aliphatic rings. The second-order valence-electron chi connectivity index (χ2n) is 8.01. The summed E-state index contributed by atoms with van der Waals surface area (Å²) < 4.78 is 1.72. The highest BCUT2D eigenvalue weighted by Crippen LogP contribution is 2.44. The maximum Gasteiger partial charge on any atom is 0.224 e. The molecule has 1 aromatic rings. The lowest BCUT2D eigenvalue weighted by Crippen LogP contribution is -2.35. The summed E-state index contributed by atoms with van der Waals surface area (Å²) in [6, 6.07) is 0. The number of rotatable bonds is 3. The molecule has 3 rings (SSSR count). The molecule has 0 aromatic carbocycles. The van der Waals surface area contributed by atoms with Crippen LogP contribution >= 0.6 is 0 Å². The van der Waals surface area contributed by atoms with Crippen molar-refractivity contribution in [1.29, 1.82) is 0 Å². The van der Waals surface area contributed by atoms with Gasteiger partial charge < -0.3 is 10.4 Å². The van der Waals surface area contributed by atoms with E-state index < -0.39 is 5.60 Å². The first-order valence-corrected chi connectivity index (χ1v) is 8.79. The van der Waals surface area contributed by atoms with E-state index in [4.69, 9.17) is 0 Å². The topological polar surface area (TPSA) is 80.0 Å². The molecule has 1 saturated heterocycles. The third kappa shape index (κ3) is 3.74. The molecule has 2 heterocycles. The van der Waals surface area contributed by atoms with E-state index in [0.717, 1.165) is 51.5 Å². The Morgan fingerprint density at radius 2 is 2.04 bits per heavy atom. The normalized spacial score (nSPS) is 27.3. The minimum absolute atomic E-state index is 0.0491. The largest absolute Gasteiger partial charge is 0.383 e. The number of aliphatic hydroxyl groups is 1. The third-order valence-corrected chi connectivity index (χ3v) is 5.50. The molecule has 1 aromatic heterocycles. The Kier molecular flexibility index (Phi) is 4.45. The van der Waals surface area contributed by atoms with Gasteiger partial charge >= 0.3 is 0 Å². The quantitative estimate of drug-likeness (QED) is 0.892. The minimum Gasteiger partial charge on any atom is -0.383 e. The molecular weight excluding hydrogens is 292 g/mol. The van der Waals surface area contributed by atoms with Crippen LogP contribution in [0.25, 0.3) is 0 Å². The van der Waals surface area contributed by atoms with E-state index in [0.29, 0.717) is 17.7 Å². The van der Waals surface area contributed by atoms with Crippen LogP contribution in [-0.4, -0.2) is 32.6 Å². The van der Waals surface area contributed by atoms with E-state index >= 15 is 0 Å². The Balaban J connectivity index is 1.67. The molecule has 2 fully saturated rings. The van der Waals surface area contributed by atoms with Crippen molar-refractivity contribution in [3.63, 3.8) is 0 Å². The zero-order valence-electron chi connectivity index (χ0n) is 14.2. The predicted octanol–water partition coefficient (Wildman–Crippen LogP) is 1.98. The Bertz CT molecular complexity index is 557. The summed E-state index contributed by atoms with van der Waals surface area (Å²) in [6.45, 7) is 5.80. The molecule has 128 valence electrons. The maximum absolute atomic E-state index is 12.0. The van der Waals surface area contributed by atoms with Crippen molar-refractivity contribution in [2.75, 3.05) is 6.54 Å². The van der Waals surface area contributed by atoms with Crippen LogP contribution in [0.1, 0.15) is 64.5 Å². The number of nitrogens with zero attached hydrogens (tertiary/aromatic N) is 3. The first-order chi connectivity index (χ1) is 10.9. The van der Waals surface area contributed by atoms with E-state index in [1.54, 1.807) is 4.68 Å². The van der Waals surface area contributed by atoms with Gasteiger partial charge in [-0.3, -0.25) is 9.48 Å². The molecule has 6 nitrogen and oxygen atoms in total. The molecule has 0 bridgehead atoms. The number of aromatic nitrogens is 3. The van der Waals surface area contributed by atoms with E-state index in [1.165, 1.54) is 0 Å². The standard InChI is InChI=1S/C17H28N4O2/c1-16(2)6-8-17(23,9-7-16)14-12-21(20-19-14)11-13-5-3-4-10-18-15(13)22/h12-13,23H,3-11H2,1-2H3,(H,18,22). The van der Waals surface area contributed by atoms with Gasteiger partial charge in [0.05, 0.1) is 18.7 Å². The van der Waals surface area contributed by atoms with Crippen molar-refractivity contribution in [3.8, 4) is 0 Å². The van der Waals surface area contributed by atoms with Crippen LogP contribution in [0.4, 0.5) is 0 Å². The summed E-state index contributed by atoms with van der Waals surface area (Å²) in [5, 5.41) is 22.2. The Hall–Kier alpha value is -1.43. The van der Waals surface area contributed by atoms with Gasteiger partial charge in [0.25, 0.3) is 0 Å². The Morgan fingerprint density at radius 1 is 1.30 bits per heavy atom. The molecule has 23 heavy (non-hydrogen) atoms. The van der Waals surface area contributed by atoms with Crippen molar-refractivity contribution in [2.24, 2.45) is 11.3 Å². The lowest BCUT2D eigenvalue weighted by Gasteiger charge is -2.39. The number of hydrogen-bond donors (Lipinski definition) is 2. The van der Waals surface area contributed by atoms with Crippen LogP contribution in [0, 0.1) is 11.3 Å². The van der Waals surface area contributed by atoms with Gasteiger partial charge in [0.2, 0.25) is 5.91 Å². The fraction of sp³-hybridized carbons (Fsp3) is 0.824. The minimum atomic E-state index is -0.862. The van der Waals surface area contributed by atoms with E-state index in [9.17, 15) is 9.90 Å². The first-order valence-electron chi connectivity index (χ1n) is 8.79. The average Bonchev–Trinajstić information content (AvgIpc) is 2.89. The van der Waals surface area contributed by atoms with Gasteiger partial charge in [0.15, 0.2) is 0 Å². The van der Waals surface area contributed by atoms with Crippen molar-refractivity contribution in [3.05, 3.63) is 11.9 Å². The monoisotopic (exact) mass is 320 g/mol. The summed E-state index contributed by atoms with van der Waals surface area (Å²) in [6.07, 6.45) is 8.24. The fourth-order valence-electron chi connectivity index (χ4n) is 3.60. The van der Waals surface area contributed by atoms with E-state index in [1.807, 2.05) is 6.20 Å². The first kappa shape index (κ1) is 16.4. The number of carbonyl (C=O) groups is 1. The lowest BCUT2D eigenvalue weighted by molar-refractivity contribution is -0.125. The van der Waals surface area contributed by atoms with Gasteiger partial charge in [0.1, 0.15) is 11.3 Å². The van der Waals surface area contributed by atoms with Gasteiger partial charge in [-0.25, -0.2) is 0 Å². The molecule has 1 saturated carbocycles. The molecule has 1 aliphatic carbocycles. The van der Waals surface area contributed by atoms with Crippen LogP contribution in [0.3, 0.4) is 0 Å². The molecule has 0 radical (unpaired) electrons. The van der Waals surface area contributed by atoms with E-state index in [2.05, 4.69) is 29.5 Å². The lowest BCUT2D eigenvalue weighted by atomic mass is 9.70. The number of hydrogen-bond acceptors (Lipinski definition) is 4. The van der Waals surface area contributed by atoms with Crippen LogP contribution < -0.4 is 5.32 Å². The van der Waals surface area contributed by atoms with Crippen molar-refractivity contribution < 1.29 is 9.90 Å². The Labute approximate surface area is 137 Å². The molecule has 1 atom stereocenters. The molecule has 1 amide bonds.